The summed E-state index contributed by atoms with van der Waals surface area (Å²) < 4.78 is 10.3. The van der Waals surface area contributed by atoms with Gasteiger partial charge in [0.15, 0.2) is 0 Å². The molecule has 1 aromatic carbocycles. The highest BCUT2D eigenvalue weighted by Crippen LogP contribution is 2.32. The number of ether oxygens (including phenoxy) is 2. The highest BCUT2D eigenvalue weighted by atomic mass is 16.7. The number of carbonyl (C=O) groups excluding carboxylic acids is 1. The van der Waals surface area contributed by atoms with Crippen molar-refractivity contribution >= 4 is 5.78 Å². The maximum atomic E-state index is 11.9. The Morgan fingerprint density at radius 2 is 1.86 bits per heavy atom. The van der Waals surface area contributed by atoms with E-state index in [0.29, 0.717) is 12.0 Å². The predicted molar refractivity (Wildman–Crippen MR) is 51.2 cm³/mol. The van der Waals surface area contributed by atoms with E-state index >= 15 is 0 Å². The van der Waals surface area contributed by atoms with Gasteiger partial charge in [-0.05, 0) is 5.56 Å². The first-order valence-corrected chi connectivity index (χ1v) is 4.46. The molecular formula is C11H12O3. The summed E-state index contributed by atoms with van der Waals surface area (Å²) in [6, 6.07) is 7.48. The molecule has 0 saturated heterocycles. The number of benzene rings is 1. The van der Waals surface area contributed by atoms with Crippen molar-refractivity contribution in [3.8, 4) is 0 Å². The molecule has 0 N–H and O–H groups in total. The smallest absolute Gasteiger partial charge is 0.237 e. The Bertz CT molecular complexity index is 367. The lowest BCUT2D eigenvalue weighted by Crippen LogP contribution is -2.40. The molecule has 0 atom stereocenters. The van der Waals surface area contributed by atoms with Crippen LogP contribution >= 0.6 is 0 Å². The van der Waals surface area contributed by atoms with E-state index in [9.17, 15) is 4.79 Å². The van der Waals surface area contributed by atoms with E-state index in [0.717, 1.165) is 5.56 Å². The number of Topliss-reactive ketones (excluding diaryl/α,β-unsaturated/α-hetero) is 1. The van der Waals surface area contributed by atoms with E-state index in [2.05, 4.69) is 0 Å². The zero-order valence-corrected chi connectivity index (χ0v) is 8.24. The van der Waals surface area contributed by atoms with E-state index in [1.165, 1.54) is 14.2 Å². The number of ketones is 1. The third kappa shape index (κ3) is 1.10. The van der Waals surface area contributed by atoms with E-state index in [1.54, 1.807) is 6.07 Å². The molecule has 0 spiro atoms. The molecule has 0 radical (unpaired) electrons. The monoisotopic (exact) mass is 192 g/mol. The summed E-state index contributed by atoms with van der Waals surface area (Å²) in [7, 11) is 2.99. The van der Waals surface area contributed by atoms with Gasteiger partial charge in [0, 0.05) is 26.2 Å². The number of fused-ring (bicyclic) bond motifs is 1. The molecule has 0 amide bonds. The molecular weight excluding hydrogens is 180 g/mol. The normalized spacial score (nSPS) is 18.3. The molecule has 1 aliphatic carbocycles. The maximum Gasteiger partial charge on any atom is 0.237 e. The molecule has 0 aliphatic heterocycles. The Balaban J connectivity index is 2.47. The maximum absolute atomic E-state index is 11.9. The first-order valence-electron chi connectivity index (χ1n) is 4.46. The van der Waals surface area contributed by atoms with Crippen molar-refractivity contribution in [2.75, 3.05) is 14.2 Å². The largest absolute Gasteiger partial charge is 0.346 e. The second kappa shape index (κ2) is 3.19. The average molecular weight is 192 g/mol. The van der Waals surface area contributed by atoms with Crippen LogP contribution in [0.15, 0.2) is 24.3 Å². The van der Waals surface area contributed by atoms with Crippen LogP contribution in [0.1, 0.15) is 15.9 Å². The van der Waals surface area contributed by atoms with Gasteiger partial charge in [0.2, 0.25) is 11.6 Å². The minimum atomic E-state index is -1.09. The Morgan fingerprint density at radius 1 is 1.21 bits per heavy atom. The molecule has 1 aromatic rings. The summed E-state index contributed by atoms with van der Waals surface area (Å²) in [5, 5.41) is 0. The number of carbonyl (C=O) groups is 1. The first-order chi connectivity index (χ1) is 6.73. The van der Waals surface area contributed by atoms with Gasteiger partial charge in [0.1, 0.15) is 0 Å². The molecule has 3 nitrogen and oxygen atoms in total. The van der Waals surface area contributed by atoms with Crippen molar-refractivity contribution in [1.29, 1.82) is 0 Å². The van der Waals surface area contributed by atoms with Crippen molar-refractivity contribution < 1.29 is 14.3 Å². The van der Waals surface area contributed by atoms with Crippen molar-refractivity contribution in [2.45, 2.75) is 12.2 Å². The van der Waals surface area contributed by atoms with Crippen LogP contribution in [0.3, 0.4) is 0 Å². The van der Waals surface area contributed by atoms with Crippen molar-refractivity contribution in [2.24, 2.45) is 0 Å². The SMILES string of the molecule is COC1(OC)Cc2ccccc2C1=O. The minimum absolute atomic E-state index is 0.0851. The fraction of sp³-hybridized carbons (Fsp3) is 0.364. The molecule has 0 saturated carbocycles. The fourth-order valence-corrected chi connectivity index (χ4v) is 1.85. The van der Waals surface area contributed by atoms with Crippen molar-refractivity contribution in [1.82, 2.24) is 0 Å². The van der Waals surface area contributed by atoms with Crippen molar-refractivity contribution in [3.63, 3.8) is 0 Å². The van der Waals surface area contributed by atoms with E-state index in [-0.39, 0.29) is 5.78 Å². The van der Waals surface area contributed by atoms with Crippen LogP contribution in [0.4, 0.5) is 0 Å². The van der Waals surface area contributed by atoms with E-state index in [4.69, 9.17) is 9.47 Å². The van der Waals surface area contributed by atoms with Crippen LogP contribution in [0.25, 0.3) is 0 Å². The quantitative estimate of drug-likeness (QED) is 0.665. The van der Waals surface area contributed by atoms with Crippen LogP contribution in [-0.2, 0) is 15.9 Å². The van der Waals surface area contributed by atoms with Crippen molar-refractivity contribution in [3.05, 3.63) is 35.4 Å². The molecule has 0 bridgehead atoms. The van der Waals surface area contributed by atoms with Gasteiger partial charge in [-0.25, -0.2) is 0 Å². The molecule has 0 heterocycles. The van der Waals surface area contributed by atoms with Crippen LogP contribution in [0, 0.1) is 0 Å². The standard InChI is InChI=1S/C11H12O3/c1-13-11(14-2)7-8-5-3-4-6-9(8)10(11)12/h3-6H,7H2,1-2H3. The summed E-state index contributed by atoms with van der Waals surface area (Å²) in [6.45, 7) is 0. The molecule has 3 heteroatoms. The zero-order chi connectivity index (χ0) is 10.2. The number of hydrogen-bond donors (Lipinski definition) is 0. The zero-order valence-electron chi connectivity index (χ0n) is 8.24. The Kier molecular flexibility index (Phi) is 2.13. The number of hydrogen-bond acceptors (Lipinski definition) is 3. The van der Waals surface area contributed by atoms with Crippen LogP contribution < -0.4 is 0 Å². The van der Waals surface area contributed by atoms with Crippen LogP contribution in [0.2, 0.25) is 0 Å². The summed E-state index contributed by atoms with van der Waals surface area (Å²) >= 11 is 0. The van der Waals surface area contributed by atoms with Gasteiger partial charge in [0.05, 0.1) is 0 Å². The Morgan fingerprint density at radius 3 is 2.43 bits per heavy atom. The van der Waals surface area contributed by atoms with Gasteiger partial charge in [-0.15, -0.1) is 0 Å². The van der Waals surface area contributed by atoms with Gasteiger partial charge in [0.25, 0.3) is 0 Å². The van der Waals surface area contributed by atoms with E-state index < -0.39 is 5.79 Å². The van der Waals surface area contributed by atoms with Crippen LogP contribution in [-0.4, -0.2) is 25.8 Å². The highest BCUT2D eigenvalue weighted by molar-refractivity contribution is 6.05. The highest BCUT2D eigenvalue weighted by Gasteiger charge is 2.46. The molecule has 0 unspecified atom stereocenters. The molecule has 1 aliphatic rings. The lowest BCUT2D eigenvalue weighted by atomic mass is 10.1. The summed E-state index contributed by atoms with van der Waals surface area (Å²) in [5.41, 5.74) is 1.69. The minimum Gasteiger partial charge on any atom is -0.346 e. The van der Waals surface area contributed by atoms with Gasteiger partial charge in [-0.2, -0.15) is 0 Å². The second-order valence-electron chi connectivity index (χ2n) is 3.32. The van der Waals surface area contributed by atoms with Crippen LogP contribution in [0.5, 0.6) is 0 Å². The van der Waals surface area contributed by atoms with Gasteiger partial charge < -0.3 is 9.47 Å². The molecule has 14 heavy (non-hydrogen) atoms. The predicted octanol–water partition coefficient (Wildman–Crippen LogP) is 1.41. The first kappa shape index (κ1) is 9.37. The molecule has 0 fully saturated rings. The average Bonchev–Trinajstić information content (AvgIpc) is 2.53. The molecule has 0 aromatic heterocycles. The summed E-state index contributed by atoms with van der Waals surface area (Å²) in [4.78, 5) is 11.9. The van der Waals surface area contributed by atoms with Gasteiger partial charge in [-0.1, -0.05) is 24.3 Å². The third-order valence-electron chi connectivity index (χ3n) is 2.69. The summed E-state index contributed by atoms with van der Waals surface area (Å²) in [6.07, 6.45) is 0.495. The second-order valence-corrected chi connectivity index (χ2v) is 3.32. The topological polar surface area (TPSA) is 35.5 Å². The van der Waals surface area contributed by atoms with E-state index in [1.807, 2.05) is 18.2 Å². The fourth-order valence-electron chi connectivity index (χ4n) is 1.85. The Hall–Kier alpha value is -1.19. The van der Waals surface area contributed by atoms with Gasteiger partial charge in [-0.3, -0.25) is 4.79 Å². The third-order valence-corrected chi connectivity index (χ3v) is 2.69. The number of methoxy groups -OCH3 is 2. The lowest BCUT2D eigenvalue weighted by Gasteiger charge is -2.23. The summed E-state index contributed by atoms with van der Waals surface area (Å²) in [5.74, 6) is -1.18. The lowest BCUT2D eigenvalue weighted by molar-refractivity contribution is -0.163. The Labute approximate surface area is 82.6 Å². The molecule has 2 rings (SSSR count). The number of rotatable bonds is 2. The van der Waals surface area contributed by atoms with Gasteiger partial charge >= 0.3 is 0 Å². The molecule has 74 valence electrons.